The molecule has 0 aliphatic carbocycles. The Bertz CT molecular complexity index is 154. The standard InChI is InChI=1S/C12H25NO2/c1-11(2)10-13-6-4-12(5-7-13)15-9-3-8-14/h11-12,14H,3-10H2,1-2H3. The molecule has 0 spiro atoms. The first-order valence-electron chi connectivity index (χ1n) is 6.17. The Kier molecular flexibility index (Phi) is 6.22. The van der Waals surface area contributed by atoms with Crippen LogP contribution in [0.3, 0.4) is 0 Å². The maximum atomic E-state index is 8.65. The molecular weight excluding hydrogens is 190 g/mol. The molecule has 0 aromatic rings. The summed E-state index contributed by atoms with van der Waals surface area (Å²) < 4.78 is 5.69. The molecule has 3 heteroatoms. The minimum Gasteiger partial charge on any atom is -0.396 e. The molecule has 0 radical (unpaired) electrons. The van der Waals surface area contributed by atoms with Crippen molar-refractivity contribution in [2.75, 3.05) is 32.8 Å². The minimum absolute atomic E-state index is 0.242. The van der Waals surface area contributed by atoms with Gasteiger partial charge in [0.05, 0.1) is 6.10 Å². The van der Waals surface area contributed by atoms with Gasteiger partial charge in [0.2, 0.25) is 0 Å². The molecule has 1 N–H and O–H groups in total. The van der Waals surface area contributed by atoms with Crippen LogP contribution in [0, 0.1) is 5.92 Å². The zero-order valence-corrected chi connectivity index (χ0v) is 10.1. The SMILES string of the molecule is CC(C)CN1CCC(OCCCO)CC1. The van der Waals surface area contributed by atoms with Gasteiger partial charge in [-0.05, 0) is 25.2 Å². The molecule has 1 saturated heterocycles. The first-order chi connectivity index (χ1) is 7.22. The molecule has 1 aliphatic rings. The normalized spacial score (nSPS) is 20.0. The average Bonchev–Trinajstić information content (AvgIpc) is 2.20. The zero-order chi connectivity index (χ0) is 11.1. The van der Waals surface area contributed by atoms with E-state index >= 15 is 0 Å². The van der Waals surface area contributed by atoms with Crippen molar-refractivity contribution in [3.63, 3.8) is 0 Å². The minimum atomic E-state index is 0.242. The van der Waals surface area contributed by atoms with E-state index in [1.807, 2.05) is 0 Å². The molecule has 0 atom stereocenters. The van der Waals surface area contributed by atoms with Crippen molar-refractivity contribution in [2.24, 2.45) is 5.92 Å². The second kappa shape index (κ2) is 7.20. The molecule has 1 heterocycles. The third kappa shape index (κ3) is 5.50. The van der Waals surface area contributed by atoms with Gasteiger partial charge < -0.3 is 14.7 Å². The van der Waals surface area contributed by atoms with E-state index in [2.05, 4.69) is 18.7 Å². The van der Waals surface area contributed by atoms with Crippen molar-refractivity contribution < 1.29 is 9.84 Å². The number of aliphatic hydroxyl groups is 1. The van der Waals surface area contributed by atoms with Crippen molar-refractivity contribution in [3.05, 3.63) is 0 Å². The highest BCUT2D eigenvalue weighted by molar-refractivity contribution is 4.73. The van der Waals surface area contributed by atoms with Crippen molar-refractivity contribution in [3.8, 4) is 0 Å². The quantitative estimate of drug-likeness (QED) is 0.682. The average molecular weight is 215 g/mol. The summed E-state index contributed by atoms with van der Waals surface area (Å²) in [7, 11) is 0. The molecule has 1 aliphatic heterocycles. The van der Waals surface area contributed by atoms with Crippen LogP contribution in [0.5, 0.6) is 0 Å². The summed E-state index contributed by atoms with van der Waals surface area (Å²) >= 11 is 0. The van der Waals surface area contributed by atoms with Gasteiger partial charge in [0, 0.05) is 32.8 Å². The van der Waals surface area contributed by atoms with E-state index in [4.69, 9.17) is 9.84 Å². The van der Waals surface area contributed by atoms with Crippen LogP contribution in [0.4, 0.5) is 0 Å². The molecular formula is C12H25NO2. The maximum absolute atomic E-state index is 8.65. The first-order valence-corrected chi connectivity index (χ1v) is 6.17. The molecule has 0 aromatic carbocycles. The van der Waals surface area contributed by atoms with Gasteiger partial charge in [-0.25, -0.2) is 0 Å². The Hall–Kier alpha value is -0.120. The van der Waals surface area contributed by atoms with Gasteiger partial charge in [0.15, 0.2) is 0 Å². The summed E-state index contributed by atoms with van der Waals surface area (Å²) in [6.07, 6.45) is 3.50. The predicted octanol–water partition coefficient (Wildman–Crippen LogP) is 1.51. The Labute approximate surface area is 93.4 Å². The summed E-state index contributed by atoms with van der Waals surface area (Å²) in [6.45, 7) is 9.04. The molecule has 0 unspecified atom stereocenters. The van der Waals surface area contributed by atoms with Crippen LogP contribution in [-0.2, 0) is 4.74 Å². The highest BCUT2D eigenvalue weighted by atomic mass is 16.5. The van der Waals surface area contributed by atoms with Crippen molar-refractivity contribution in [1.29, 1.82) is 0 Å². The Morgan fingerprint density at radius 2 is 2.00 bits per heavy atom. The number of likely N-dealkylation sites (tertiary alicyclic amines) is 1. The van der Waals surface area contributed by atoms with Crippen LogP contribution < -0.4 is 0 Å². The van der Waals surface area contributed by atoms with E-state index in [-0.39, 0.29) is 6.61 Å². The largest absolute Gasteiger partial charge is 0.396 e. The zero-order valence-electron chi connectivity index (χ0n) is 10.1. The smallest absolute Gasteiger partial charge is 0.0599 e. The van der Waals surface area contributed by atoms with E-state index in [1.165, 1.54) is 19.6 Å². The maximum Gasteiger partial charge on any atom is 0.0599 e. The van der Waals surface area contributed by atoms with Crippen LogP contribution in [0.25, 0.3) is 0 Å². The number of hydrogen-bond acceptors (Lipinski definition) is 3. The van der Waals surface area contributed by atoms with Gasteiger partial charge in [-0.15, -0.1) is 0 Å². The molecule has 3 nitrogen and oxygen atoms in total. The van der Waals surface area contributed by atoms with Gasteiger partial charge in [-0.3, -0.25) is 0 Å². The molecule has 0 saturated carbocycles. The second-order valence-corrected chi connectivity index (χ2v) is 4.84. The lowest BCUT2D eigenvalue weighted by atomic mass is 10.1. The number of rotatable bonds is 6. The van der Waals surface area contributed by atoms with Crippen LogP contribution >= 0.6 is 0 Å². The summed E-state index contributed by atoms with van der Waals surface area (Å²) in [5.74, 6) is 0.761. The van der Waals surface area contributed by atoms with Crippen LogP contribution in [-0.4, -0.2) is 49.0 Å². The van der Waals surface area contributed by atoms with E-state index in [9.17, 15) is 0 Å². The van der Waals surface area contributed by atoms with Crippen molar-refractivity contribution in [2.45, 2.75) is 39.2 Å². The molecule has 90 valence electrons. The number of ether oxygens (including phenoxy) is 1. The topological polar surface area (TPSA) is 32.7 Å². The number of aliphatic hydroxyl groups excluding tert-OH is 1. The van der Waals surface area contributed by atoms with Crippen LogP contribution in [0.15, 0.2) is 0 Å². The van der Waals surface area contributed by atoms with Gasteiger partial charge in [0.25, 0.3) is 0 Å². The fourth-order valence-electron chi connectivity index (χ4n) is 2.09. The van der Waals surface area contributed by atoms with E-state index in [0.717, 1.165) is 25.2 Å². The number of hydrogen-bond donors (Lipinski definition) is 1. The highest BCUT2D eigenvalue weighted by Crippen LogP contribution is 2.14. The van der Waals surface area contributed by atoms with Crippen molar-refractivity contribution in [1.82, 2.24) is 4.90 Å². The molecule has 1 fully saturated rings. The number of piperidine rings is 1. The van der Waals surface area contributed by atoms with E-state index in [0.29, 0.717) is 12.7 Å². The lowest BCUT2D eigenvalue weighted by molar-refractivity contribution is 0.000442. The van der Waals surface area contributed by atoms with Gasteiger partial charge in [0.1, 0.15) is 0 Å². The summed E-state index contributed by atoms with van der Waals surface area (Å²) in [4.78, 5) is 2.52. The Balaban J connectivity index is 2.07. The van der Waals surface area contributed by atoms with Crippen LogP contribution in [0.1, 0.15) is 33.1 Å². The Morgan fingerprint density at radius 1 is 1.33 bits per heavy atom. The molecule has 0 amide bonds. The highest BCUT2D eigenvalue weighted by Gasteiger charge is 2.19. The molecule has 0 aromatic heterocycles. The molecule has 15 heavy (non-hydrogen) atoms. The Morgan fingerprint density at radius 3 is 2.53 bits per heavy atom. The predicted molar refractivity (Wildman–Crippen MR) is 62.0 cm³/mol. The van der Waals surface area contributed by atoms with Gasteiger partial charge >= 0.3 is 0 Å². The lowest BCUT2D eigenvalue weighted by Gasteiger charge is -2.32. The fraction of sp³-hybridized carbons (Fsp3) is 1.00. The lowest BCUT2D eigenvalue weighted by Crippen LogP contribution is -2.39. The van der Waals surface area contributed by atoms with Crippen LogP contribution in [0.2, 0.25) is 0 Å². The third-order valence-corrected chi connectivity index (χ3v) is 2.81. The van der Waals surface area contributed by atoms with Gasteiger partial charge in [-0.1, -0.05) is 13.8 Å². The molecule has 1 rings (SSSR count). The van der Waals surface area contributed by atoms with E-state index in [1.54, 1.807) is 0 Å². The van der Waals surface area contributed by atoms with Gasteiger partial charge in [-0.2, -0.15) is 0 Å². The monoisotopic (exact) mass is 215 g/mol. The van der Waals surface area contributed by atoms with Crippen molar-refractivity contribution >= 4 is 0 Å². The summed E-state index contributed by atoms with van der Waals surface area (Å²) in [6, 6.07) is 0. The van der Waals surface area contributed by atoms with E-state index < -0.39 is 0 Å². The fourth-order valence-corrected chi connectivity index (χ4v) is 2.09. The summed E-state index contributed by atoms with van der Waals surface area (Å²) in [5, 5.41) is 8.65. The summed E-state index contributed by atoms with van der Waals surface area (Å²) in [5.41, 5.74) is 0. The number of nitrogens with zero attached hydrogens (tertiary/aromatic N) is 1. The second-order valence-electron chi connectivity index (χ2n) is 4.84. The third-order valence-electron chi connectivity index (χ3n) is 2.81. The first kappa shape index (κ1) is 12.9. The molecule has 0 bridgehead atoms.